The van der Waals surface area contributed by atoms with Crippen molar-refractivity contribution >= 4 is 11.5 Å². The molecule has 7 nitrogen and oxygen atoms in total. The quantitative estimate of drug-likeness (QED) is 0.492. The molecule has 0 aliphatic heterocycles. The van der Waals surface area contributed by atoms with Gasteiger partial charge in [-0.3, -0.25) is 10.1 Å². The summed E-state index contributed by atoms with van der Waals surface area (Å²) in [4.78, 5) is 14.0. The van der Waals surface area contributed by atoms with E-state index in [1.807, 2.05) is 0 Å². The van der Waals surface area contributed by atoms with Gasteiger partial charge in [0.05, 0.1) is 4.92 Å². The first-order valence-corrected chi connectivity index (χ1v) is 5.59. The van der Waals surface area contributed by atoms with Gasteiger partial charge in [0, 0.05) is 17.8 Å². The second-order valence-electron chi connectivity index (χ2n) is 3.83. The molecule has 0 saturated carbocycles. The van der Waals surface area contributed by atoms with Gasteiger partial charge in [0.15, 0.2) is 5.82 Å². The maximum atomic E-state index is 13.6. The number of ether oxygens (including phenoxy) is 1. The number of nitrogen functional groups attached to an aromatic ring is 1. The molecule has 2 aromatic rings. The highest BCUT2D eigenvalue weighted by atomic mass is 19.1. The van der Waals surface area contributed by atoms with Crippen LogP contribution in [0.4, 0.5) is 15.9 Å². The van der Waals surface area contributed by atoms with Crippen molar-refractivity contribution < 1.29 is 14.1 Å². The Bertz CT molecular complexity index is 619. The lowest BCUT2D eigenvalue weighted by Gasteiger charge is -2.08. The fourth-order valence-electron chi connectivity index (χ4n) is 1.53. The number of halogens is 1. The van der Waals surface area contributed by atoms with Gasteiger partial charge in [-0.25, -0.2) is 15.2 Å². The molecule has 0 fully saturated rings. The summed E-state index contributed by atoms with van der Waals surface area (Å²) in [5.74, 6) is 4.46. The molecule has 0 unspecified atom stereocenters. The Morgan fingerprint density at radius 1 is 1.40 bits per heavy atom. The van der Waals surface area contributed by atoms with Crippen LogP contribution in [0.1, 0.15) is 5.56 Å². The monoisotopic (exact) mass is 278 g/mol. The largest absolute Gasteiger partial charge is 0.480 e. The van der Waals surface area contributed by atoms with Crippen molar-refractivity contribution in [1.29, 1.82) is 0 Å². The van der Waals surface area contributed by atoms with E-state index in [9.17, 15) is 14.5 Å². The molecule has 0 aliphatic rings. The number of benzene rings is 1. The van der Waals surface area contributed by atoms with Crippen molar-refractivity contribution in [2.75, 3.05) is 5.43 Å². The van der Waals surface area contributed by atoms with E-state index in [0.717, 1.165) is 6.07 Å². The summed E-state index contributed by atoms with van der Waals surface area (Å²) < 4.78 is 18.7. The highest BCUT2D eigenvalue weighted by molar-refractivity contribution is 5.47. The number of anilines is 1. The molecule has 1 aromatic heterocycles. The minimum atomic E-state index is -0.785. The first-order chi connectivity index (χ1) is 9.61. The van der Waals surface area contributed by atoms with Crippen LogP contribution in [0.2, 0.25) is 0 Å². The summed E-state index contributed by atoms with van der Waals surface area (Å²) in [5, 5.41) is 10.8. The molecule has 0 saturated heterocycles. The first-order valence-electron chi connectivity index (χ1n) is 5.59. The Hall–Kier alpha value is -2.74. The van der Waals surface area contributed by atoms with E-state index in [1.54, 1.807) is 12.1 Å². The molecule has 0 aliphatic carbocycles. The fraction of sp³-hybridized carbons (Fsp3) is 0.0833. The fourth-order valence-corrected chi connectivity index (χ4v) is 1.53. The second-order valence-corrected chi connectivity index (χ2v) is 3.83. The van der Waals surface area contributed by atoms with Crippen LogP contribution in [0, 0.1) is 15.9 Å². The molecule has 3 N–H and O–H groups in total. The predicted octanol–water partition coefficient (Wildman–Crippen LogP) is 1.99. The number of hydrogen-bond acceptors (Lipinski definition) is 6. The van der Waals surface area contributed by atoms with Crippen LogP contribution >= 0.6 is 0 Å². The minimum absolute atomic E-state index is 0.0420. The number of aromatic nitrogens is 1. The number of nitro benzene ring substituents is 1. The Balaban J connectivity index is 2.16. The number of nitrogens with two attached hydrogens (primary N) is 1. The van der Waals surface area contributed by atoms with Crippen LogP contribution in [-0.4, -0.2) is 9.91 Å². The summed E-state index contributed by atoms with van der Waals surface area (Å²) in [6.07, 6.45) is 1.47. The van der Waals surface area contributed by atoms with Crippen molar-refractivity contribution in [2.24, 2.45) is 5.84 Å². The molecular weight excluding hydrogens is 267 g/mol. The Morgan fingerprint density at radius 2 is 2.20 bits per heavy atom. The molecule has 0 amide bonds. The van der Waals surface area contributed by atoms with Gasteiger partial charge >= 0.3 is 5.69 Å². The van der Waals surface area contributed by atoms with Gasteiger partial charge in [0.25, 0.3) is 0 Å². The van der Waals surface area contributed by atoms with E-state index in [-0.39, 0.29) is 6.61 Å². The zero-order valence-corrected chi connectivity index (χ0v) is 10.2. The van der Waals surface area contributed by atoms with E-state index >= 15 is 0 Å². The molecule has 20 heavy (non-hydrogen) atoms. The number of hydrogen-bond donors (Lipinski definition) is 2. The zero-order valence-electron chi connectivity index (χ0n) is 10.2. The van der Waals surface area contributed by atoms with Crippen molar-refractivity contribution in [3.05, 3.63) is 58.0 Å². The molecule has 8 heteroatoms. The van der Waals surface area contributed by atoms with Gasteiger partial charge in [-0.15, -0.1) is 0 Å². The molecule has 104 valence electrons. The summed E-state index contributed by atoms with van der Waals surface area (Å²) in [5.41, 5.74) is 2.57. The van der Waals surface area contributed by atoms with Crippen molar-refractivity contribution in [2.45, 2.75) is 6.61 Å². The summed E-state index contributed by atoms with van der Waals surface area (Å²) in [6.45, 7) is -0.0420. The molecule has 0 bridgehead atoms. The number of rotatable bonds is 5. The highest BCUT2D eigenvalue weighted by Crippen LogP contribution is 2.30. The minimum Gasteiger partial charge on any atom is -0.480 e. The van der Waals surface area contributed by atoms with Crippen LogP contribution in [0.5, 0.6) is 5.75 Å². The van der Waals surface area contributed by atoms with Gasteiger partial charge in [0.2, 0.25) is 5.75 Å². The first kappa shape index (κ1) is 13.7. The standard InChI is InChI=1S/C12H11FN4O3/c13-9-2-1-3-10(17(18)19)12(9)20-7-8-4-5-11(16-14)15-6-8/h1-6H,7,14H2,(H,15,16). The third-order valence-corrected chi connectivity index (χ3v) is 2.50. The summed E-state index contributed by atoms with van der Waals surface area (Å²) >= 11 is 0. The third kappa shape index (κ3) is 2.98. The lowest BCUT2D eigenvalue weighted by Crippen LogP contribution is -2.08. The molecule has 2 rings (SSSR count). The lowest BCUT2D eigenvalue weighted by molar-refractivity contribution is -0.386. The normalized spacial score (nSPS) is 10.1. The predicted molar refractivity (Wildman–Crippen MR) is 69.4 cm³/mol. The van der Waals surface area contributed by atoms with Crippen LogP contribution < -0.4 is 16.0 Å². The van der Waals surface area contributed by atoms with Gasteiger partial charge in [-0.2, -0.15) is 0 Å². The van der Waals surface area contributed by atoms with E-state index in [1.165, 1.54) is 18.3 Å². The van der Waals surface area contributed by atoms with Crippen LogP contribution in [0.25, 0.3) is 0 Å². The topological polar surface area (TPSA) is 103 Å². The molecule has 0 radical (unpaired) electrons. The average Bonchev–Trinajstić information content (AvgIpc) is 2.46. The Kier molecular flexibility index (Phi) is 4.06. The summed E-state index contributed by atoms with van der Waals surface area (Å²) in [6, 6.07) is 6.80. The van der Waals surface area contributed by atoms with E-state index in [0.29, 0.717) is 11.4 Å². The zero-order chi connectivity index (χ0) is 14.5. The second kappa shape index (κ2) is 5.93. The van der Waals surface area contributed by atoms with Gasteiger partial charge < -0.3 is 10.2 Å². The lowest BCUT2D eigenvalue weighted by atomic mass is 10.2. The molecule has 1 aromatic carbocycles. The Morgan fingerprint density at radius 3 is 2.80 bits per heavy atom. The molecule has 0 atom stereocenters. The number of nitro groups is 1. The molecule has 1 heterocycles. The number of pyridine rings is 1. The third-order valence-electron chi connectivity index (χ3n) is 2.50. The molecular formula is C12H11FN4O3. The summed E-state index contributed by atoms with van der Waals surface area (Å²) in [7, 11) is 0. The van der Waals surface area contributed by atoms with Gasteiger partial charge in [0.1, 0.15) is 12.4 Å². The van der Waals surface area contributed by atoms with E-state index in [4.69, 9.17) is 10.6 Å². The number of nitrogens with zero attached hydrogens (tertiary/aromatic N) is 2. The van der Waals surface area contributed by atoms with Crippen LogP contribution in [-0.2, 0) is 6.61 Å². The van der Waals surface area contributed by atoms with Crippen molar-refractivity contribution in [3.8, 4) is 5.75 Å². The number of hydrazine groups is 1. The van der Waals surface area contributed by atoms with Crippen molar-refractivity contribution in [1.82, 2.24) is 4.98 Å². The number of para-hydroxylation sites is 1. The maximum absolute atomic E-state index is 13.6. The smallest absolute Gasteiger partial charge is 0.314 e. The molecule has 0 spiro atoms. The highest BCUT2D eigenvalue weighted by Gasteiger charge is 2.19. The van der Waals surface area contributed by atoms with Gasteiger partial charge in [-0.1, -0.05) is 12.1 Å². The number of nitrogens with one attached hydrogen (secondary N) is 1. The van der Waals surface area contributed by atoms with Crippen LogP contribution in [0.3, 0.4) is 0 Å². The van der Waals surface area contributed by atoms with E-state index in [2.05, 4.69) is 10.4 Å². The maximum Gasteiger partial charge on any atom is 0.314 e. The SMILES string of the molecule is NNc1ccc(COc2c(F)cccc2[N+](=O)[O-])cn1. The Labute approximate surface area is 113 Å². The van der Waals surface area contributed by atoms with Gasteiger partial charge in [-0.05, 0) is 12.1 Å². The van der Waals surface area contributed by atoms with E-state index < -0.39 is 22.2 Å². The van der Waals surface area contributed by atoms with Crippen LogP contribution in [0.15, 0.2) is 36.5 Å². The average molecular weight is 278 g/mol. The van der Waals surface area contributed by atoms with Crippen molar-refractivity contribution in [3.63, 3.8) is 0 Å².